The molecule has 0 aliphatic rings. The molecular formula is C12H15N2O+. The van der Waals surface area contributed by atoms with E-state index in [0.717, 1.165) is 30.3 Å². The van der Waals surface area contributed by atoms with Crippen molar-refractivity contribution in [2.45, 2.75) is 20.0 Å². The Hall–Kier alpha value is -1.61. The van der Waals surface area contributed by atoms with Crippen molar-refractivity contribution in [1.29, 1.82) is 0 Å². The van der Waals surface area contributed by atoms with Crippen molar-refractivity contribution in [2.24, 2.45) is 0 Å². The van der Waals surface area contributed by atoms with Gasteiger partial charge in [0.05, 0.1) is 5.69 Å². The lowest BCUT2D eigenvalue weighted by atomic mass is 10.3. The normalized spacial score (nSPS) is 10.5. The molecule has 0 spiro atoms. The molecule has 0 saturated carbocycles. The lowest BCUT2D eigenvalue weighted by Crippen LogP contribution is -2.80. The second-order valence-corrected chi connectivity index (χ2v) is 3.53. The van der Waals surface area contributed by atoms with Gasteiger partial charge in [-0.05, 0) is 31.2 Å². The average molecular weight is 203 g/mol. The topological polar surface area (TPSA) is 42.6 Å². The van der Waals surface area contributed by atoms with Crippen LogP contribution in [0, 0.1) is 6.92 Å². The molecule has 0 saturated heterocycles. The van der Waals surface area contributed by atoms with Crippen LogP contribution in [0.2, 0.25) is 0 Å². The molecule has 2 heterocycles. The molecular weight excluding hydrogens is 188 g/mol. The fourth-order valence-corrected chi connectivity index (χ4v) is 1.48. The number of nitrogens with zero attached hydrogens (tertiary/aromatic N) is 1. The van der Waals surface area contributed by atoms with Crippen LogP contribution in [0.15, 0.2) is 40.9 Å². The Kier molecular flexibility index (Phi) is 3.15. The molecule has 0 radical (unpaired) electrons. The van der Waals surface area contributed by atoms with Crippen LogP contribution in [-0.2, 0) is 13.1 Å². The summed E-state index contributed by atoms with van der Waals surface area (Å²) < 4.78 is 5.47. The number of aromatic nitrogens is 1. The summed E-state index contributed by atoms with van der Waals surface area (Å²) in [5.41, 5.74) is 1.10. The maximum atomic E-state index is 5.47. The van der Waals surface area contributed by atoms with E-state index in [-0.39, 0.29) is 0 Å². The number of furan rings is 1. The summed E-state index contributed by atoms with van der Waals surface area (Å²) in [7, 11) is 0. The van der Waals surface area contributed by atoms with Crippen LogP contribution in [0.25, 0.3) is 0 Å². The summed E-state index contributed by atoms with van der Waals surface area (Å²) in [6, 6.07) is 9.98. The fourth-order valence-electron chi connectivity index (χ4n) is 1.48. The summed E-state index contributed by atoms with van der Waals surface area (Å²) >= 11 is 0. The van der Waals surface area contributed by atoms with Crippen molar-refractivity contribution in [3.05, 3.63) is 53.7 Å². The van der Waals surface area contributed by atoms with E-state index in [0.29, 0.717) is 0 Å². The third kappa shape index (κ3) is 2.92. The monoisotopic (exact) mass is 203 g/mol. The van der Waals surface area contributed by atoms with E-state index < -0.39 is 0 Å². The van der Waals surface area contributed by atoms with Crippen molar-refractivity contribution in [1.82, 2.24) is 4.98 Å². The summed E-state index contributed by atoms with van der Waals surface area (Å²) in [6.07, 6.45) is 1.82. The van der Waals surface area contributed by atoms with Crippen LogP contribution in [0.1, 0.15) is 17.2 Å². The van der Waals surface area contributed by atoms with Crippen LogP contribution >= 0.6 is 0 Å². The maximum Gasteiger partial charge on any atom is 0.158 e. The van der Waals surface area contributed by atoms with Crippen molar-refractivity contribution in [2.75, 3.05) is 0 Å². The van der Waals surface area contributed by atoms with E-state index in [2.05, 4.69) is 10.3 Å². The standard InChI is InChI=1S/C12H14N2O/c1-10-5-6-12(15-10)9-13-8-11-4-2-3-7-14-11/h2-7,13H,8-9H2,1H3/p+1. The highest BCUT2D eigenvalue weighted by atomic mass is 16.3. The maximum absolute atomic E-state index is 5.47. The number of pyridine rings is 1. The van der Waals surface area contributed by atoms with Gasteiger partial charge in [0.25, 0.3) is 0 Å². The number of aryl methyl sites for hydroxylation is 1. The second-order valence-electron chi connectivity index (χ2n) is 3.53. The summed E-state index contributed by atoms with van der Waals surface area (Å²) in [5, 5.41) is 2.18. The van der Waals surface area contributed by atoms with Crippen LogP contribution < -0.4 is 5.32 Å². The van der Waals surface area contributed by atoms with Gasteiger partial charge in [0, 0.05) is 6.20 Å². The van der Waals surface area contributed by atoms with E-state index in [1.807, 2.05) is 43.5 Å². The van der Waals surface area contributed by atoms with Gasteiger partial charge in [-0.15, -0.1) is 0 Å². The molecule has 0 atom stereocenters. The minimum Gasteiger partial charge on any atom is -0.460 e. The number of nitrogens with two attached hydrogens (primary N) is 1. The molecule has 0 aliphatic heterocycles. The predicted octanol–water partition coefficient (Wildman–Crippen LogP) is 1.25. The van der Waals surface area contributed by atoms with Gasteiger partial charge in [0.2, 0.25) is 0 Å². The molecule has 0 fully saturated rings. The minimum atomic E-state index is 0.865. The fraction of sp³-hybridized carbons (Fsp3) is 0.250. The molecule has 3 nitrogen and oxygen atoms in total. The van der Waals surface area contributed by atoms with Gasteiger partial charge in [0.15, 0.2) is 5.76 Å². The first kappa shape index (κ1) is 9.93. The number of hydrogen-bond donors (Lipinski definition) is 1. The zero-order chi connectivity index (χ0) is 10.5. The first-order valence-electron chi connectivity index (χ1n) is 5.11. The molecule has 2 aromatic heterocycles. The molecule has 2 rings (SSSR count). The van der Waals surface area contributed by atoms with Crippen LogP contribution in [-0.4, -0.2) is 4.98 Å². The van der Waals surface area contributed by atoms with E-state index in [9.17, 15) is 0 Å². The first-order valence-corrected chi connectivity index (χ1v) is 5.11. The zero-order valence-corrected chi connectivity index (χ0v) is 8.81. The highest BCUT2D eigenvalue weighted by molar-refractivity contribution is 5.04. The second kappa shape index (κ2) is 4.75. The molecule has 15 heavy (non-hydrogen) atoms. The van der Waals surface area contributed by atoms with Crippen molar-refractivity contribution >= 4 is 0 Å². The number of quaternary nitrogens is 1. The Morgan fingerprint density at radius 2 is 2.13 bits per heavy atom. The highest BCUT2D eigenvalue weighted by Gasteiger charge is 2.01. The van der Waals surface area contributed by atoms with Gasteiger partial charge < -0.3 is 9.73 Å². The van der Waals surface area contributed by atoms with Gasteiger partial charge in [-0.2, -0.15) is 0 Å². The molecule has 0 unspecified atom stereocenters. The van der Waals surface area contributed by atoms with E-state index in [4.69, 9.17) is 4.42 Å². The smallest absolute Gasteiger partial charge is 0.158 e. The molecule has 0 aliphatic carbocycles. The van der Waals surface area contributed by atoms with E-state index in [1.54, 1.807) is 0 Å². The third-order valence-electron chi connectivity index (χ3n) is 2.22. The van der Waals surface area contributed by atoms with Gasteiger partial charge >= 0.3 is 0 Å². The highest BCUT2D eigenvalue weighted by Crippen LogP contribution is 2.03. The molecule has 78 valence electrons. The SMILES string of the molecule is Cc1ccc(C[NH2+]Cc2ccccn2)o1. The average Bonchev–Trinajstić information content (AvgIpc) is 2.66. The third-order valence-corrected chi connectivity index (χ3v) is 2.22. The van der Waals surface area contributed by atoms with Crippen molar-refractivity contribution in [3.63, 3.8) is 0 Å². The van der Waals surface area contributed by atoms with Gasteiger partial charge in [0.1, 0.15) is 18.8 Å². The summed E-state index contributed by atoms with van der Waals surface area (Å²) in [4.78, 5) is 4.25. The Morgan fingerprint density at radius 1 is 1.20 bits per heavy atom. The minimum absolute atomic E-state index is 0.865. The lowest BCUT2D eigenvalue weighted by molar-refractivity contribution is -0.688. The van der Waals surface area contributed by atoms with Crippen molar-refractivity contribution < 1.29 is 9.73 Å². The zero-order valence-electron chi connectivity index (χ0n) is 8.81. The summed E-state index contributed by atoms with van der Waals surface area (Å²) in [5.74, 6) is 1.99. The number of hydrogen-bond acceptors (Lipinski definition) is 2. The molecule has 0 aromatic carbocycles. The van der Waals surface area contributed by atoms with Crippen LogP contribution in [0.4, 0.5) is 0 Å². The van der Waals surface area contributed by atoms with E-state index >= 15 is 0 Å². The lowest BCUT2D eigenvalue weighted by Gasteiger charge is -1.98. The Morgan fingerprint density at radius 3 is 2.80 bits per heavy atom. The van der Waals surface area contributed by atoms with Crippen molar-refractivity contribution in [3.8, 4) is 0 Å². The Bertz CT molecular complexity index is 409. The molecule has 2 aromatic rings. The van der Waals surface area contributed by atoms with Gasteiger partial charge in [-0.1, -0.05) is 6.07 Å². The van der Waals surface area contributed by atoms with Crippen LogP contribution in [0.5, 0.6) is 0 Å². The van der Waals surface area contributed by atoms with E-state index in [1.165, 1.54) is 0 Å². The summed E-state index contributed by atoms with van der Waals surface area (Å²) in [6.45, 7) is 3.72. The van der Waals surface area contributed by atoms with Crippen LogP contribution in [0.3, 0.4) is 0 Å². The molecule has 3 heteroatoms. The largest absolute Gasteiger partial charge is 0.460 e. The predicted molar refractivity (Wildman–Crippen MR) is 57.0 cm³/mol. The Balaban J connectivity index is 1.80. The number of rotatable bonds is 4. The molecule has 0 amide bonds. The quantitative estimate of drug-likeness (QED) is 0.812. The Labute approximate surface area is 89.1 Å². The van der Waals surface area contributed by atoms with Gasteiger partial charge in [-0.25, -0.2) is 0 Å². The van der Waals surface area contributed by atoms with Gasteiger partial charge in [-0.3, -0.25) is 4.98 Å². The molecule has 0 bridgehead atoms. The first-order chi connectivity index (χ1) is 7.34. The molecule has 2 N–H and O–H groups in total.